The van der Waals surface area contributed by atoms with Gasteiger partial charge in [-0.3, -0.25) is 0 Å². The zero-order chi connectivity index (χ0) is 11.7. The van der Waals surface area contributed by atoms with Crippen LogP contribution in [0.1, 0.15) is 13.8 Å². The van der Waals surface area contributed by atoms with E-state index in [0.717, 1.165) is 0 Å². The summed E-state index contributed by atoms with van der Waals surface area (Å²) in [5.74, 6) is 0.451. The lowest BCUT2D eigenvalue weighted by atomic mass is 10.2. The molecule has 1 aromatic heterocycles. The van der Waals surface area contributed by atoms with Crippen molar-refractivity contribution in [2.24, 2.45) is 7.05 Å². The Balaban J connectivity index is 2.70. The Kier molecular flexibility index (Phi) is 2.98. The van der Waals surface area contributed by atoms with Crippen LogP contribution >= 0.6 is 0 Å². The minimum Gasteiger partial charge on any atom is -0.352 e. The molecule has 0 saturated heterocycles. The Labute approximate surface area is 88.8 Å². The van der Waals surface area contributed by atoms with Crippen LogP contribution in [-0.4, -0.2) is 46.2 Å². The average molecular weight is 233 g/mol. The monoisotopic (exact) mass is 233 g/mol. The Hall–Kier alpha value is -1.18. The maximum atomic E-state index is 11.4. The van der Waals surface area contributed by atoms with Crippen molar-refractivity contribution in [2.75, 3.05) is 18.1 Å². The fraction of sp³-hybridized carbons (Fsp3) is 0.857. The van der Waals surface area contributed by atoms with Crippen molar-refractivity contribution in [1.82, 2.24) is 20.2 Å². The molecule has 0 aromatic carbocycles. The molecule has 0 radical (unpaired) electrons. The minimum absolute atomic E-state index is 0.264. The van der Waals surface area contributed by atoms with Crippen LogP contribution in [0.3, 0.4) is 0 Å². The number of hydrogen-bond donors (Lipinski definition) is 1. The molecule has 1 N–H and O–H groups in total. The second-order valence-corrected chi connectivity index (χ2v) is 6.66. The van der Waals surface area contributed by atoms with E-state index in [9.17, 15) is 8.42 Å². The summed E-state index contributed by atoms with van der Waals surface area (Å²) in [5.41, 5.74) is 0. The van der Waals surface area contributed by atoms with E-state index in [2.05, 4.69) is 20.8 Å². The van der Waals surface area contributed by atoms with Crippen molar-refractivity contribution < 1.29 is 8.42 Å². The van der Waals surface area contributed by atoms with Crippen molar-refractivity contribution in [1.29, 1.82) is 0 Å². The van der Waals surface area contributed by atoms with Gasteiger partial charge in [0.05, 0.1) is 4.75 Å². The molecule has 0 amide bonds. The lowest BCUT2D eigenvalue weighted by Crippen LogP contribution is -2.38. The average Bonchev–Trinajstić information content (AvgIpc) is 2.46. The highest BCUT2D eigenvalue weighted by Gasteiger charge is 2.30. The molecule has 0 aliphatic rings. The van der Waals surface area contributed by atoms with Gasteiger partial charge in [0.1, 0.15) is 0 Å². The van der Waals surface area contributed by atoms with Gasteiger partial charge in [0.15, 0.2) is 9.84 Å². The van der Waals surface area contributed by atoms with Crippen molar-refractivity contribution in [3.8, 4) is 0 Å². The third kappa shape index (κ3) is 2.65. The quantitative estimate of drug-likeness (QED) is 0.750. The van der Waals surface area contributed by atoms with Crippen LogP contribution in [0.2, 0.25) is 0 Å². The summed E-state index contributed by atoms with van der Waals surface area (Å²) >= 11 is 0. The van der Waals surface area contributed by atoms with Gasteiger partial charge in [0.2, 0.25) is 5.95 Å². The van der Waals surface area contributed by atoms with Gasteiger partial charge in [-0.25, -0.2) is 13.1 Å². The van der Waals surface area contributed by atoms with Crippen molar-refractivity contribution in [3.63, 3.8) is 0 Å². The van der Waals surface area contributed by atoms with Crippen LogP contribution in [0.5, 0.6) is 0 Å². The zero-order valence-electron chi connectivity index (χ0n) is 9.22. The number of nitrogens with one attached hydrogen (secondary N) is 1. The second kappa shape index (κ2) is 3.76. The van der Waals surface area contributed by atoms with E-state index in [1.54, 1.807) is 20.9 Å². The SMILES string of the molecule is Cn1nnnc1NCC(C)(C)S(C)(=O)=O. The van der Waals surface area contributed by atoms with Gasteiger partial charge < -0.3 is 5.32 Å². The summed E-state index contributed by atoms with van der Waals surface area (Å²) in [6.45, 7) is 3.57. The molecule has 0 fully saturated rings. The molecule has 7 nitrogen and oxygen atoms in total. The Morgan fingerprint density at radius 2 is 2.07 bits per heavy atom. The third-order valence-electron chi connectivity index (χ3n) is 2.30. The first kappa shape index (κ1) is 11.9. The predicted molar refractivity (Wildman–Crippen MR) is 56.2 cm³/mol. The predicted octanol–water partition coefficient (Wildman–Crippen LogP) is -0.555. The van der Waals surface area contributed by atoms with E-state index < -0.39 is 14.6 Å². The highest BCUT2D eigenvalue weighted by molar-refractivity contribution is 7.92. The molecule has 0 unspecified atom stereocenters. The van der Waals surface area contributed by atoms with Gasteiger partial charge in [0, 0.05) is 19.8 Å². The molecular weight excluding hydrogens is 218 g/mol. The summed E-state index contributed by atoms with van der Waals surface area (Å²) in [5, 5.41) is 13.6. The van der Waals surface area contributed by atoms with Crippen LogP contribution in [0, 0.1) is 0 Å². The van der Waals surface area contributed by atoms with Gasteiger partial charge in [0.25, 0.3) is 0 Å². The van der Waals surface area contributed by atoms with Crippen LogP contribution < -0.4 is 5.32 Å². The topological polar surface area (TPSA) is 89.8 Å². The standard InChI is InChI=1S/C7H15N5O2S/c1-7(2,15(4,13)14)5-8-6-9-10-11-12(6)3/h5H2,1-4H3,(H,8,9,11). The fourth-order valence-electron chi connectivity index (χ4n) is 0.802. The highest BCUT2D eigenvalue weighted by Crippen LogP contribution is 2.15. The van der Waals surface area contributed by atoms with Gasteiger partial charge in [-0.2, -0.15) is 0 Å². The van der Waals surface area contributed by atoms with E-state index >= 15 is 0 Å². The highest BCUT2D eigenvalue weighted by atomic mass is 32.2. The largest absolute Gasteiger partial charge is 0.352 e. The van der Waals surface area contributed by atoms with Gasteiger partial charge in [-0.15, -0.1) is 0 Å². The summed E-state index contributed by atoms with van der Waals surface area (Å²) in [6, 6.07) is 0. The number of aromatic nitrogens is 4. The first-order chi connectivity index (χ1) is 6.74. The molecule has 0 atom stereocenters. The summed E-state index contributed by atoms with van der Waals surface area (Å²) < 4.78 is 23.4. The van der Waals surface area contributed by atoms with E-state index in [0.29, 0.717) is 5.95 Å². The Bertz CT molecular complexity index is 436. The van der Waals surface area contributed by atoms with Crippen LogP contribution in [0.4, 0.5) is 5.95 Å². The second-order valence-electron chi connectivity index (χ2n) is 4.01. The smallest absolute Gasteiger partial charge is 0.242 e. The molecule has 1 aromatic rings. The summed E-state index contributed by atoms with van der Waals surface area (Å²) in [6.07, 6.45) is 1.21. The number of nitrogens with zero attached hydrogens (tertiary/aromatic N) is 4. The molecule has 8 heteroatoms. The molecule has 0 spiro atoms. The number of aryl methyl sites for hydroxylation is 1. The normalized spacial score (nSPS) is 12.8. The molecule has 86 valence electrons. The van der Waals surface area contributed by atoms with Crippen molar-refractivity contribution in [3.05, 3.63) is 0 Å². The maximum Gasteiger partial charge on any atom is 0.242 e. The van der Waals surface area contributed by atoms with E-state index in [1.165, 1.54) is 10.9 Å². The molecule has 1 rings (SSSR count). The lowest BCUT2D eigenvalue weighted by molar-refractivity contribution is 0.558. The molecular formula is C7H15N5O2S. The molecule has 15 heavy (non-hydrogen) atoms. The maximum absolute atomic E-state index is 11.4. The molecule has 0 aliphatic carbocycles. The number of hydrogen-bond acceptors (Lipinski definition) is 6. The Morgan fingerprint density at radius 1 is 1.47 bits per heavy atom. The molecule has 0 bridgehead atoms. The van der Waals surface area contributed by atoms with Crippen molar-refractivity contribution >= 4 is 15.8 Å². The molecule has 0 saturated carbocycles. The zero-order valence-corrected chi connectivity index (χ0v) is 10.0. The number of tetrazole rings is 1. The number of rotatable bonds is 4. The minimum atomic E-state index is -3.11. The van der Waals surface area contributed by atoms with Crippen LogP contribution in [-0.2, 0) is 16.9 Å². The fourth-order valence-corrected chi connectivity index (χ4v) is 1.14. The van der Waals surface area contributed by atoms with Gasteiger partial charge >= 0.3 is 0 Å². The lowest BCUT2D eigenvalue weighted by Gasteiger charge is -2.22. The van der Waals surface area contributed by atoms with E-state index in [1.807, 2.05) is 0 Å². The third-order valence-corrected chi connectivity index (χ3v) is 4.45. The first-order valence-electron chi connectivity index (χ1n) is 4.40. The number of anilines is 1. The van der Waals surface area contributed by atoms with Crippen molar-refractivity contribution in [2.45, 2.75) is 18.6 Å². The first-order valence-corrected chi connectivity index (χ1v) is 6.29. The summed E-state index contributed by atoms with van der Waals surface area (Å²) in [4.78, 5) is 0. The van der Waals surface area contributed by atoms with Crippen LogP contribution in [0.25, 0.3) is 0 Å². The van der Waals surface area contributed by atoms with E-state index in [-0.39, 0.29) is 6.54 Å². The van der Waals surface area contributed by atoms with E-state index in [4.69, 9.17) is 0 Å². The van der Waals surface area contributed by atoms with Gasteiger partial charge in [-0.05, 0) is 24.3 Å². The van der Waals surface area contributed by atoms with Gasteiger partial charge in [-0.1, -0.05) is 5.10 Å². The van der Waals surface area contributed by atoms with Crippen LogP contribution in [0.15, 0.2) is 0 Å². The Morgan fingerprint density at radius 3 is 2.47 bits per heavy atom. The molecule has 0 aliphatic heterocycles. The number of sulfone groups is 1. The summed E-state index contributed by atoms with van der Waals surface area (Å²) in [7, 11) is -1.43. The molecule has 1 heterocycles.